The molecule has 0 saturated carbocycles. The van der Waals surface area contributed by atoms with E-state index in [0.29, 0.717) is 11.3 Å². The molecule has 0 fully saturated rings. The lowest BCUT2D eigenvalue weighted by atomic mass is 10.1. The van der Waals surface area contributed by atoms with Gasteiger partial charge < -0.3 is 4.74 Å². The maximum atomic E-state index is 13.0. The second kappa shape index (κ2) is 6.46. The molecule has 0 aliphatic heterocycles. The molecule has 2 aromatic carbocycles. The van der Waals surface area contributed by atoms with Gasteiger partial charge in [0.15, 0.2) is 0 Å². The summed E-state index contributed by atoms with van der Waals surface area (Å²) in [6.45, 7) is 1.75. The zero-order valence-electron chi connectivity index (χ0n) is 12.7. The molecule has 0 radical (unpaired) electrons. The molecule has 6 heteroatoms. The molecule has 22 heavy (non-hydrogen) atoms. The van der Waals surface area contributed by atoms with Crippen LogP contribution in [0.1, 0.15) is 18.5 Å². The molecule has 0 N–H and O–H groups in total. The number of methoxy groups -OCH3 is 1. The van der Waals surface area contributed by atoms with Gasteiger partial charge in [-0.1, -0.05) is 24.3 Å². The van der Waals surface area contributed by atoms with E-state index in [0.717, 1.165) is 0 Å². The zero-order chi connectivity index (χ0) is 16.3. The molecule has 0 spiro atoms. The summed E-state index contributed by atoms with van der Waals surface area (Å²) in [5.41, 5.74) is 0.711. The van der Waals surface area contributed by atoms with Gasteiger partial charge in [0.25, 0.3) is 0 Å². The Kier molecular flexibility index (Phi) is 4.83. The normalized spacial score (nSPS) is 13.1. The van der Waals surface area contributed by atoms with E-state index >= 15 is 0 Å². The number of rotatable bonds is 5. The molecule has 0 unspecified atom stereocenters. The highest BCUT2D eigenvalue weighted by molar-refractivity contribution is 7.89. The van der Waals surface area contributed by atoms with Crippen LogP contribution in [0.5, 0.6) is 5.75 Å². The molecule has 1 atom stereocenters. The van der Waals surface area contributed by atoms with E-state index in [9.17, 15) is 12.8 Å². The van der Waals surface area contributed by atoms with E-state index in [4.69, 9.17) is 4.74 Å². The van der Waals surface area contributed by atoms with Gasteiger partial charge >= 0.3 is 0 Å². The van der Waals surface area contributed by atoms with Crippen molar-refractivity contribution < 1.29 is 17.5 Å². The predicted octanol–water partition coefficient (Wildman–Crippen LogP) is 3.22. The highest BCUT2D eigenvalue weighted by Crippen LogP contribution is 2.30. The maximum absolute atomic E-state index is 13.0. The van der Waals surface area contributed by atoms with Crippen LogP contribution < -0.4 is 4.74 Å². The van der Waals surface area contributed by atoms with Crippen LogP contribution in [0.3, 0.4) is 0 Å². The Hall–Kier alpha value is -1.92. The van der Waals surface area contributed by atoms with Crippen molar-refractivity contribution in [2.75, 3.05) is 14.2 Å². The third-order valence-electron chi connectivity index (χ3n) is 3.62. The predicted molar refractivity (Wildman–Crippen MR) is 82.8 cm³/mol. The molecule has 0 heterocycles. The Balaban J connectivity index is 2.38. The van der Waals surface area contributed by atoms with Gasteiger partial charge in [0.2, 0.25) is 10.0 Å². The van der Waals surface area contributed by atoms with Crippen LogP contribution >= 0.6 is 0 Å². The maximum Gasteiger partial charge on any atom is 0.247 e. The van der Waals surface area contributed by atoms with E-state index in [1.54, 1.807) is 37.3 Å². The summed E-state index contributed by atoms with van der Waals surface area (Å²) in [5.74, 6) is -0.0631. The molecular weight excluding hydrogens is 305 g/mol. The third kappa shape index (κ3) is 3.13. The Morgan fingerprint density at radius 1 is 1.09 bits per heavy atom. The van der Waals surface area contributed by atoms with E-state index in [-0.39, 0.29) is 10.7 Å². The number of hydrogen-bond donors (Lipinski definition) is 0. The van der Waals surface area contributed by atoms with Gasteiger partial charge in [-0.15, -0.1) is 0 Å². The fourth-order valence-corrected chi connectivity index (χ4v) is 3.65. The summed E-state index contributed by atoms with van der Waals surface area (Å²) >= 11 is 0. The number of benzene rings is 2. The molecule has 118 valence electrons. The lowest BCUT2D eigenvalue weighted by molar-refractivity contribution is 0.382. The third-order valence-corrected chi connectivity index (χ3v) is 5.59. The quantitative estimate of drug-likeness (QED) is 0.849. The Morgan fingerprint density at radius 3 is 2.27 bits per heavy atom. The summed E-state index contributed by atoms with van der Waals surface area (Å²) in [6, 6.07) is 11.8. The van der Waals surface area contributed by atoms with E-state index in [1.807, 2.05) is 0 Å². The van der Waals surface area contributed by atoms with Gasteiger partial charge in [-0.25, -0.2) is 12.8 Å². The van der Waals surface area contributed by atoms with E-state index in [2.05, 4.69) is 0 Å². The first kappa shape index (κ1) is 16.5. The van der Waals surface area contributed by atoms with Gasteiger partial charge in [0.05, 0.1) is 7.11 Å². The average Bonchev–Trinajstić information content (AvgIpc) is 2.54. The molecule has 0 aliphatic carbocycles. The average molecular weight is 323 g/mol. The first-order valence-corrected chi connectivity index (χ1v) is 8.18. The number of para-hydroxylation sites is 1. The molecule has 0 saturated heterocycles. The van der Waals surface area contributed by atoms with Gasteiger partial charge in [-0.3, -0.25) is 0 Å². The first-order chi connectivity index (χ1) is 10.4. The summed E-state index contributed by atoms with van der Waals surface area (Å²) < 4.78 is 44.9. The topological polar surface area (TPSA) is 46.6 Å². The Morgan fingerprint density at radius 2 is 1.68 bits per heavy atom. The van der Waals surface area contributed by atoms with Crippen molar-refractivity contribution in [3.05, 3.63) is 59.9 Å². The van der Waals surface area contributed by atoms with Crippen molar-refractivity contribution >= 4 is 10.0 Å². The van der Waals surface area contributed by atoms with Gasteiger partial charge in [-0.05, 0) is 36.8 Å². The fraction of sp³-hybridized carbons (Fsp3) is 0.250. The number of nitrogens with zero attached hydrogens (tertiary/aromatic N) is 1. The molecule has 0 amide bonds. The van der Waals surface area contributed by atoms with E-state index in [1.165, 1.54) is 36.7 Å². The van der Waals surface area contributed by atoms with Crippen LogP contribution in [0.25, 0.3) is 0 Å². The lowest BCUT2D eigenvalue weighted by Gasteiger charge is -2.25. The van der Waals surface area contributed by atoms with E-state index < -0.39 is 16.1 Å². The Labute approximate surface area is 130 Å². The monoisotopic (exact) mass is 323 g/mol. The molecular formula is C16H18FNO3S. The van der Waals surface area contributed by atoms with Crippen molar-refractivity contribution in [2.24, 2.45) is 0 Å². The van der Waals surface area contributed by atoms with Gasteiger partial charge in [0.1, 0.15) is 16.5 Å². The minimum absolute atomic E-state index is 0.106. The smallest absolute Gasteiger partial charge is 0.247 e. The van der Waals surface area contributed by atoms with Crippen LogP contribution in [-0.4, -0.2) is 26.9 Å². The fourth-order valence-electron chi connectivity index (χ4n) is 2.15. The molecule has 2 rings (SSSR count). The molecule has 0 aromatic heterocycles. The van der Waals surface area contributed by atoms with Gasteiger partial charge in [0, 0.05) is 13.1 Å². The second-order valence-corrected chi connectivity index (χ2v) is 6.87. The van der Waals surface area contributed by atoms with Crippen LogP contribution in [-0.2, 0) is 10.0 Å². The van der Waals surface area contributed by atoms with Crippen LogP contribution in [0.15, 0.2) is 53.4 Å². The van der Waals surface area contributed by atoms with Crippen molar-refractivity contribution in [1.29, 1.82) is 0 Å². The van der Waals surface area contributed by atoms with Crippen molar-refractivity contribution in [1.82, 2.24) is 4.31 Å². The first-order valence-electron chi connectivity index (χ1n) is 6.74. The molecule has 0 bridgehead atoms. The largest absolute Gasteiger partial charge is 0.495 e. The Bertz CT molecular complexity index is 744. The highest BCUT2D eigenvalue weighted by atomic mass is 32.2. The SMILES string of the molecule is COc1ccccc1S(=O)(=O)N(C)[C@H](C)c1ccc(F)cc1. The summed E-state index contributed by atoms with van der Waals surface area (Å²) in [5, 5.41) is 0. The molecule has 4 nitrogen and oxygen atoms in total. The standard InChI is InChI=1S/C16H18FNO3S/c1-12(13-8-10-14(17)11-9-13)18(2)22(19,20)16-7-5-4-6-15(16)21-3/h4-12H,1-3H3/t12-/m1/s1. The van der Waals surface area contributed by atoms with Gasteiger partial charge in [-0.2, -0.15) is 4.31 Å². The number of sulfonamides is 1. The minimum atomic E-state index is -3.72. The summed E-state index contributed by atoms with van der Waals surface area (Å²) in [7, 11) is -0.801. The van der Waals surface area contributed by atoms with Crippen molar-refractivity contribution in [2.45, 2.75) is 17.9 Å². The molecule has 0 aliphatic rings. The summed E-state index contributed by atoms with van der Waals surface area (Å²) in [6.07, 6.45) is 0. The zero-order valence-corrected chi connectivity index (χ0v) is 13.5. The van der Waals surface area contributed by atoms with Crippen molar-refractivity contribution in [3.8, 4) is 5.75 Å². The number of halogens is 1. The van der Waals surface area contributed by atoms with Crippen LogP contribution in [0, 0.1) is 5.82 Å². The minimum Gasteiger partial charge on any atom is -0.495 e. The molecule has 2 aromatic rings. The lowest BCUT2D eigenvalue weighted by Crippen LogP contribution is -2.30. The highest BCUT2D eigenvalue weighted by Gasteiger charge is 2.28. The van der Waals surface area contributed by atoms with Crippen LogP contribution in [0.4, 0.5) is 4.39 Å². The number of hydrogen-bond acceptors (Lipinski definition) is 3. The van der Waals surface area contributed by atoms with Crippen molar-refractivity contribution in [3.63, 3.8) is 0 Å². The number of ether oxygens (including phenoxy) is 1. The van der Waals surface area contributed by atoms with Crippen LogP contribution in [0.2, 0.25) is 0 Å². The second-order valence-electron chi connectivity index (χ2n) is 4.90. The summed E-state index contributed by atoms with van der Waals surface area (Å²) in [4.78, 5) is 0.106.